The van der Waals surface area contributed by atoms with E-state index in [-0.39, 0.29) is 6.10 Å². The van der Waals surface area contributed by atoms with Gasteiger partial charge in [-0.3, -0.25) is 9.58 Å². The van der Waals surface area contributed by atoms with Crippen molar-refractivity contribution >= 4 is 0 Å². The van der Waals surface area contributed by atoms with Crippen LogP contribution in [-0.2, 0) is 18.3 Å². The fourth-order valence-electron chi connectivity index (χ4n) is 2.42. The Hall–Kier alpha value is -1.66. The minimum atomic E-state index is 0.0409. The Balaban J connectivity index is 1.64. The largest absolute Gasteiger partial charge is 0.368 e. The highest BCUT2D eigenvalue weighted by Gasteiger charge is 2.24. The highest BCUT2D eigenvalue weighted by Crippen LogP contribution is 2.20. The molecule has 102 valence electrons. The Morgan fingerprint density at radius 1 is 1.47 bits per heavy atom. The minimum absolute atomic E-state index is 0.0409. The third-order valence-electron chi connectivity index (χ3n) is 3.34. The molecule has 19 heavy (non-hydrogen) atoms. The van der Waals surface area contributed by atoms with E-state index in [0.29, 0.717) is 0 Å². The maximum absolute atomic E-state index is 5.79. The van der Waals surface area contributed by atoms with Crippen molar-refractivity contribution < 1.29 is 4.74 Å². The van der Waals surface area contributed by atoms with Crippen LogP contribution in [0.25, 0.3) is 0 Å². The van der Waals surface area contributed by atoms with E-state index < -0.39 is 0 Å². The van der Waals surface area contributed by atoms with Crippen molar-refractivity contribution in [2.45, 2.75) is 19.6 Å². The normalized spacial score (nSPS) is 20.8. The van der Waals surface area contributed by atoms with Crippen molar-refractivity contribution in [1.29, 1.82) is 0 Å². The van der Waals surface area contributed by atoms with Crippen LogP contribution in [0.4, 0.5) is 0 Å². The first-order valence-electron chi connectivity index (χ1n) is 6.53. The second-order valence-electron chi connectivity index (χ2n) is 5.07. The molecule has 6 nitrogen and oxygen atoms in total. The molecule has 0 radical (unpaired) electrons. The molecule has 0 saturated carbocycles. The van der Waals surface area contributed by atoms with E-state index in [0.717, 1.165) is 37.8 Å². The van der Waals surface area contributed by atoms with Gasteiger partial charge in [-0.1, -0.05) is 0 Å². The van der Waals surface area contributed by atoms with Gasteiger partial charge in [0.2, 0.25) is 0 Å². The van der Waals surface area contributed by atoms with Crippen LogP contribution in [0.2, 0.25) is 0 Å². The Morgan fingerprint density at radius 3 is 3.05 bits per heavy atom. The first kappa shape index (κ1) is 12.4. The number of imidazole rings is 1. The van der Waals surface area contributed by atoms with Gasteiger partial charge >= 0.3 is 0 Å². The lowest BCUT2D eigenvalue weighted by Crippen LogP contribution is -2.38. The van der Waals surface area contributed by atoms with Crippen LogP contribution >= 0.6 is 0 Å². The zero-order chi connectivity index (χ0) is 13.2. The summed E-state index contributed by atoms with van der Waals surface area (Å²) in [4.78, 5) is 9.99. The molecule has 0 aliphatic carbocycles. The molecule has 1 fully saturated rings. The summed E-state index contributed by atoms with van der Waals surface area (Å²) in [6.45, 7) is 5.47. The monoisotopic (exact) mass is 261 g/mol. The van der Waals surface area contributed by atoms with E-state index >= 15 is 0 Å². The van der Waals surface area contributed by atoms with Crippen LogP contribution in [0.15, 0.2) is 18.6 Å². The topological polar surface area (TPSA) is 59.0 Å². The Bertz CT molecular complexity index is 547. The number of aromatic nitrogens is 4. The van der Waals surface area contributed by atoms with E-state index in [4.69, 9.17) is 4.74 Å². The Morgan fingerprint density at radius 2 is 2.37 bits per heavy atom. The molecule has 0 amide bonds. The number of H-pyrrole nitrogens is 1. The first-order valence-corrected chi connectivity index (χ1v) is 6.53. The van der Waals surface area contributed by atoms with Gasteiger partial charge in [-0.15, -0.1) is 0 Å². The van der Waals surface area contributed by atoms with Crippen LogP contribution in [0.5, 0.6) is 0 Å². The molecular formula is C13H19N5O. The van der Waals surface area contributed by atoms with Gasteiger partial charge in [-0.05, 0) is 6.92 Å². The van der Waals surface area contributed by atoms with Crippen molar-refractivity contribution in [3.05, 3.63) is 35.7 Å². The zero-order valence-electron chi connectivity index (χ0n) is 11.3. The molecule has 1 atom stereocenters. The van der Waals surface area contributed by atoms with E-state index in [1.807, 2.05) is 31.0 Å². The van der Waals surface area contributed by atoms with Crippen LogP contribution in [-0.4, -0.2) is 44.3 Å². The molecule has 3 heterocycles. The van der Waals surface area contributed by atoms with Crippen molar-refractivity contribution in [2.75, 3.05) is 19.7 Å². The van der Waals surface area contributed by atoms with Gasteiger partial charge in [0.1, 0.15) is 11.9 Å². The number of rotatable bonds is 3. The van der Waals surface area contributed by atoms with Gasteiger partial charge in [0.05, 0.1) is 12.8 Å². The zero-order valence-corrected chi connectivity index (χ0v) is 11.3. The molecule has 1 aliphatic heterocycles. The van der Waals surface area contributed by atoms with Crippen molar-refractivity contribution in [3.63, 3.8) is 0 Å². The molecule has 2 aromatic heterocycles. The molecule has 0 bridgehead atoms. The predicted octanol–water partition coefficient (Wildman–Crippen LogP) is 1.03. The van der Waals surface area contributed by atoms with Crippen molar-refractivity contribution in [1.82, 2.24) is 24.6 Å². The van der Waals surface area contributed by atoms with Crippen LogP contribution < -0.4 is 0 Å². The molecule has 3 rings (SSSR count). The molecule has 2 aromatic rings. The second-order valence-corrected chi connectivity index (χ2v) is 5.07. The van der Waals surface area contributed by atoms with Gasteiger partial charge in [0.25, 0.3) is 0 Å². The summed E-state index contributed by atoms with van der Waals surface area (Å²) in [5, 5.41) is 4.20. The van der Waals surface area contributed by atoms with Gasteiger partial charge in [-0.25, -0.2) is 4.98 Å². The highest BCUT2D eigenvalue weighted by atomic mass is 16.5. The van der Waals surface area contributed by atoms with E-state index in [1.165, 1.54) is 5.56 Å². The molecule has 0 aromatic carbocycles. The van der Waals surface area contributed by atoms with E-state index in [9.17, 15) is 0 Å². The first-order chi connectivity index (χ1) is 9.20. The van der Waals surface area contributed by atoms with E-state index in [1.54, 1.807) is 0 Å². The average Bonchev–Trinajstić information content (AvgIpc) is 2.99. The van der Waals surface area contributed by atoms with Gasteiger partial charge < -0.3 is 9.72 Å². The quantitative estimate of drug-likeness (QED) is 0.896. The van der Waals surface area contributed by atoms with Gasteiger partial charge in [0, 0.05) is 50.3 Å². The average molecular weight is 261 g/mol. The molecule has 0 spiro atoms. The summed E-state index contributed by atoms with van der Waals surface area (Å²) in [6.07, 6.45) is 5.86. The SMILES string of the molecule is Cc1cnc(C2CN(Cc3cnn(C)c3)CCO2)[nH]1. The summed E-state index contributed by atoms with van der Waals surface area (Å²) >= 11 is 0. The lowest BCUT2D eigenvalue weighted by molar-refractivity contribution is -0.0368. The summed E-state index contributed by atoms with van der Waals surface area (Å²) in [7, 11) is 1.94. The minimum Gasteiger partial charge on any atom is -0.368 e. The number of aryl methyl sites for hydroxylation is 2. The maximum Gasteiger partial charge on any atom is 0.136 e. The second kappa shape index (κ2) is 5.14. The highest BCUT2D eigenvalue weighted by molar-refractivity contribution is 5.05. The number of morpholine rings is 1. The molecule has 6 heteroatoms. The molecule has 1 saturated heterocycles. The predicted molar refractivity (Wildman–Crippen MR) is 70.5 cm³/mol. The molecule has 1 aliphatic rings. The maximum atomic E-state index is 5.79. The summed E-state index contributed by atoms with van der Waals surface area (Å²) in [6, 6.07) is 0. The summed E-state index contributed by atoms with van der Waals surface area (Å²) in [5.41, 5.74) is 2.31. The number of aromatic amines is 1. The van der Waals surface area contributed by atoms with Crippen LogP contribution in [0.1, 0.15) is 23.2 Å². The van der Waals surface area contributed by atoms with Gasteiger partial charge in [0.15, 0.2) is 0 Å². The fourth-order valence-corrected chi connectivity index (χ4v) is 2.42. The lowest BCUT2D eigenvalue weighted by atomic mass is 10.2. The van der Waals surface area contributed by atoms with Crippen molar-refractivity contribution in [2.24, 2.45) is 7.05 Å². The Labute approximate surface area is 112 Å². The summed E-state index contributed by atoms with van der Waals surface area (Å²) in [5.74, 6) is 0.924. The molecule has 1 unspecified atom stereocenters. The number of nitrogens with one attached hydrogen (secondary N) is 1. The third kappa shape index (κ3) is 2.85. The number of hydrogen-bond acceptors (Lipinski definition) is 4. The number of nitrogens with zero attached hydrogens (tertiary/aromatic N) is 4. The van der Waals surface area contributed by atoms with E-state index in [2.05, 4.69) is 26.2 Å². The smallest absolute Gasteiger partial charge is 0.136 e. The molecular weight excluding hydrogens is 242 g/mol. The Kier molecular flexibility index (Phi) is 3.35. The number of hydrogen-bond donors (Lipinski definition) is 1. The van der Waals surface area contributed by atoms with Crippen LogP contribution in [0.3, 0.4) is 0 Å². The standard InChI is InChI=1S/C13H19N5O/c1-10-5-14-13(16-10)12-9-18(3-4-19-12)8-11-6-15-17(2)7-11/h5-7,12H,3-4,8-9H2,1-2H3,(H,14,16). The lowest BCUT2D eigenvalue weighted by Gasteiger charge is -2.31. The van der Waals surface area contributed by atoms with Crippen LogP contribution in [0, 0.1) is 6.92 Å². The fraction of sp³-hybridized carbons (Fsp3) is 0.538. The third-order valence-corrected chi connectivity index (χ3v) is 3.34. The van der Waals surface area contributed by atoms with Crippen molar-refractivity contribution in [3.8, 4) is 0 Å². The number of ether oxygens (including phenoxy) is 1. The summed E-state index contributed by atoms with van der Waals surface area (Å²) < 4.78 is 7.63. The van der Waals surface area contributed by atoms with Gasteiger partial charge in [-0.2, -0.15) is 5.10 Å². The molecule has 1 N–H and O–H groups in total.